The number of piperazine rings is 1. The lowest BCUT2D eigenvalue weighted by molar-refractivity contribution is -0.153. The van der Waals surface area contributed by atoms with Crippen molar-refractivity contribution in [2.75, 3.05) is 39.8 Å². The van der Waals surface area contributed by atoms with Crippen molar-refractivity contribution in [2.45, 2.75) is 18.4 Å². The van der Waals surface area contributed by atoms with Gasteiger partial charge in [0.25, 0.3) is 5.91 Å². The average Bonchev–Trinajstić information content (AvgIpc) is 3.10. The highest BCUT2D eigenvalue weighted by atomic mass is 32.1. The maximum Gasteiger partial charge on any atom is 0.254 e. The molecule has 1 aromatic rings. The fraction of sp³-hybridized carbons (Fsp3) is 0.529. The molecule has 0 aliphatic carbocycles. The van der Waals surface area contributed by atoms with Crippen molar-refractivity contribution in [3.63, 3.8) is 0 Å². The second-order valence-electron chi connectivity index (χ2n) is 6.30. The quantitative estimate of drug-likeness (QED) is 0.791. The molecule has 2 aliphatic rings. The molecule has 6 heteroatoms. The lowest BCUT2D eigenvalue weighted by Gasteiger charge is -2.51. The summed E-state index contributed by atoms with van der Waals surface area (Å²) in [6, 6.07) is 1.86. The van der Waals surface area contributed by atoms with Gasteiger partial charge in [-0.25, -0.2) is 0 Å². The van der Waals surface area contributed by atoms with Crippen LogP contribution in [0.15, 0.2) is 29.5 Å². The number of hydrogen-bond donors (Lipinski definition) is 0. The molecule has 0 N–H and O–H groups in total. The van der Waals surface area contributed by atoms with Crippen molar-refractivity contribution in [3.8, 4) is 0 Å². The summed E-state index contributed by atoms with van der Waals surface area (Å²) in [6.45, 7) is 7.24. The Morgan fingerprint density at radius 1 is 1.35 bits per heavy atom. The van der Waals surface area contributed by atoms with Gasteiger partial charge in [0.05, 0.1) is 5.56 Å². The van der Waals surface area contributed by atoms with Crippen LogP contribution in [0.1, 0.15) is 23.2 Å². The van der Waals surface area contributed by atoms with E-state index in [1.54, 1.807) is 6.08 Å². The van der Waals surface area contributed by atoms with Gasteiger partial charge < -0.3 is 9.80 Å². The van der Waals surface area contributed by atoms with E-state index in [1.165, 1.54) is 11.3 Å². The molecule has 0 aromatic carbocycles. The number of carbonyl (C=O) groups is 2. The minimum Gasteiger partial charge on any atom is -0.338 e. The number of piperidine rings is 1. The molecule has 3 heterocycles. The van der Waals surface area contributed by atoms with Crippen molar-refractivity contribution in [2.24, 2.45) is 0 Å². The first-order valence-electron chi connectivity index (χ1n) is 8.01. The Morgan fingerprint density at radius 3 is 2.70 bits per heavy atom. The summed E-state index contributed by atoms with van der Waals surface area (Å²) in [7, 11) is 2.03. The van der Waals surface area contributed by atoms with E-state index in [1.807, 2.05) is 33.7 Å². The van der Waals surface area contributed by atoms with Crippen LogP contribution in [0.2, 0.25) is 0 Å². The molecular weight excluding hydrogens is 310 g/mol. The Kier molecular flexibility index (Phi) is 4.55. The van der Waals surface area contributed by atoms with Crippen LogP contribution in [0.5, 0.6) is 0 Å². The lowest BCUT2D eigenvalue weighted by Crippen LogP contribution is -2.67. The highest BCUT2D eigenvalue weighted by Gasteiger charge is 2.49. The fourth-order valence-corrected chi connectivity index (χ4v) is 4.25. The van der Waals surface area contributed by atoms with E-state index < -0.39 is 5.54 Å². The molecule has 23 heavy (non-hydrogen) atoms. The molecule has 0 atom stereocenters. The van der Waals surface area contributed by atoms with E-state index in [2.05, 4.69) is 11.5 Å². The highest BCUT2D eigenvalue weighted by Crippen LogP contribution is 2.33. The number of nitrogens with zero attached hydrogens (tertiary/aromatic N) is 3. The topological polar surface area (TPSA) is 43.9 Å². The molecule has 0 bridgehead atoms. The Balaban J connectivity index is 1.72. The molecule has 0 radical (unpaired) electrons. The number of thiophene rings is 1. The van der Waals surface area contributed by atoms with Gasteiger partial charge in [-0.2, -0.15) is 11.3 Å². The molecule has 5 nitrogen and oxygen atoms in total. The van der Waals surface area contributed by atoms with Crippen LogP contribution in [0.25, 0.3) is 0 Å². The van der Waals surface area contributed by atoms with E-state index in [0.29, 0.717) is 32.5 Å². The number of likely N-dealkylation sites (N-methyl/N-ethyl adjacent to an activating group) is 1. The van der Waals surface area contributed by atoms with Crippen molar-refractivity contribution in [1.29, 1.82) is 0 Å². The minimum atomic E-state index is -0.452. The predicted octanol–water partition coefficient (Wildman–Crippen LogP) is 1.68. The summed E-state index contributed by atoms with van der Waals surface area (Å²) < 4.78 is 0. The maximum absolute atomic E-state index is 12.9. The minimum absolute atomic E-state index is 0.0787. The zero-order chi connectivity index (χ0) is 16.4. The largest absolute Gasteiger partial charge is 0.338 e. The maximum atomic E-state index is 12.9. The zero-order valence-corrected chi connectivity index (χ0v) is 14.3. The number of hydrogen-bond acceptors (Lipinski definition) is 4. The van der Waals surface area contributed by atoms with Gasteiger partial charge in [-0.05, 0) is 31.3 Å². The molecule has 0 unspecified atom stereocenters. The summed E-state index contributed by atoms with van der Waals surface area (Å²) in [5.41, 5.74) is 0.301. The number of rotatable bonds is 3. The first-order chi connectivity index (χ1) is 11.1. The third-order valence-electron chi connectivity index (χ3n) is 5.12. The first-order valence-corrected chi connectivity index (χ1v) is 8.96. The van der Waals surface area contributed by atoms with Crippen LogP contribution in [0.4, 0.5) is 0 Å². The Hall–Kier alpha value is -1.66. The molecule has 2 aliphatic heterocycles. The van der Waals surface area contributed by atoms with Crippen LogP contribution >= 0.6 is 11.3 Å². The molecule has 2 amide bonds. The fourth-order valence-electron chi connectivity index (χ4n) is 3.62. The Bertz CT molecular complexity index is 591. The third kappa shape index (κ3) is 2.81. The summed E-state index contributed by atoms with van der Waals surface area (Å²) in [5, 5.41) is 3.81. The Morgan fingerprint density at radius 2 is 2.09 bits per heavy atom. The summed E-state index contributed by atoms with van der Waals surface area (Å²) in [6.07, 6.45) is 3.18. The van der Waals surface area contributed by atoms with Crippen LogP contribution in [-0.2, 0) is 4.79 Å². The molecule has 2 fully saturated rings. The van der Waals surface area contributed by atoms with Crippen molar-refractivity contribution < 1.29 is 9.59 Å². The normalized spacial score (nSPS) is 21.7. The third-order valence-corrected chi connectivity index (χ3v) is 5.80. The van der Waals surface area contributed by atoms with Crippen LogP contribution in [0.3, 0.4) is 0 Å². The van der Waals surface area contributed by atoms with Crippen LogP contribution in [-0.4, -0.2) is 71.8 Å². The van der Waals surface area contributed by atoms with E-state index in [-0.39, 0.29) is 11.8 Å². The number of carbonyl (C=O) groups excluding carboxylic acids is 2. The van der Waals surface area contributed by atoms with E-state index in [4.69, 9.17) is 0 Å². The lowest BCUT2D eigenvalue weighted by atomic mass is 9.82. The summed E-state index contributed by atoms with van der Waals surface area (Å²) >= 11 is 1.53. The van der Waals surface area contributed by atoms with Crippen molar-refractivity contribution in [1.82, 2.24) is 14.7 Å². The second kappa shape index (κ2) is 6.45. The Labute approximate surface area is 141 Å². The van der Waals surface area contributed by atoms with Gasteiger partial charge in [0.1, 0.15) is 5.54 Å². The number of amides is 2. The summed E-state index contributed by atoms with van der Waals surface area (Å²) in [4.78, 5) is 31.4. The van der Waals surface area contributed by atoms with Crippen LogP contribution < -0.4 is 0 Å². The van der Waals surface area contributed by atoms with E-state index >= 15 is 0 Å². The van der Waals surface area contributed by atoms with Crippen molar-refractivity contribution >= 4 is 23.2 Å². The average molecular weight is 333 g/mol. The molecule has 124 valence electrons. The van der Waals surface area contributed by atoms with Gasteiger partial charge in [-0.1, -0.05) is 6.08 Å². The molecule has 1 aromatic heterocycles. The smallest absolute Gasteiger partial charge is 0.254 e. The molecule has 2 saturated heterocycles. The first kappa shape index (κ1) is 16.2. The van der Waals surface area contributed by atoms with E-state index in [9.17, 15) is 9.59 Å². The van der Waals surface area contributed by atoms with E-state index in [0.717, 1.165) is 18.7 Å². The van der Waals surface area contributed by atoms with Gasteiger partial charge >= 0.3 is 0 Å². The predicted molar refractivity (Wildman–Crippen MR) is 91.6 cm³/mol. The molecule has 3 rings (SSSR count). The number of likely N-dealkylation sites (tertiary alicyclic amines) is 1. The van der Waals surface area contributed by atoms with Gasteiger partial charge in [-0.3, -0.25) is 14.5 Å². The monoisotopic (exact) mass is 333 g/mol. The van der Waals surface area contributed by atoms with Gasteiger partial charge in [0.2, 0.25) is 5.91 Å². The van der Waals surface area contributed by atoms with Gasteiger partial charge in [-0.15, -0.1) is 6.58 Å². The standard InChI is InChI=1S/C17H23N3O2S/c1-3-7-20-11-10-18(2)17(16(20)22)5-8-19(9-6-17)15(21)14-4-12-23-13-14/h3-4,12-13H,1,5-11H2,2H3. The second-order valence-corrected chi connectivity index (χ2v) is 7.08. The van der Waals surface area contributed by atoms with Gasteiger partial charge in [0.15, 0.2) is 0 Å². The molecule has 1 spiro atoms. The van der Waals surface area contributed by atoms with Gasteiger partial charge in [0, 0.05) is 38.1 Å². The highest BCUT2D eigenvalue weighted by molar-refractivity contribution is 7.08. The SMILES string of the molecule is C=CCN1CCN(C)C2(CCN(C(=O)c3ccsc3)CC2)C1=O. The molecule has 0 saturated carbocycles. The summed E-state index contributed by atoms with van der Waals surface area (Å²) in [5.74, 6) is 0.267. The van der Waals surface area contributed by atoms with Crippen molar-refractivity contribution in [3.05, 3.63) is 35.0 Å². The molecular formula is C17H23N3O2S. The zero-order valence-electron chi connectivity index (χ0n) is 13.5. The van der Waals surface area contributed by atoms with Crippen LogP contribution in [0, 0.1) is 0 Å².